The lowest BCUT2D eigenvalue weighted by molar-refractivity contribution is 0.0484. The number of thiophene rings is 1. The largest absolute Gasteiger partial charge is 0.381 e. The second kappa shape index (κ2) is 12.6. The molecule has 0 N–H and O–H groups in total. The van der Waals surface area contributed by atoms with Gasteiger partial charge in [-0.15, -0.1) is 0 Å². The molecule has 188 valence electrons. The molecular formula is C28H40Cl2N2OS. The number of ether oxygens (including phenoxy) is 1. The summed E-state index contributed by atoms with van der Waals surface area (Å²) in [7, 11) is 1.88. The minimum atomic E-state index is 0.419. The number of nitrogens with zero attached hydrogens (tertiary/aromatic N) is 2. The van der Waals surface area contributed by atoms with Crippen LogP contribution in [0.25, 0.3) is 0 Å². The highest BCUT2D eigenvalue weighted by atomic mass is 35.5. The molecule has 1 aromatic carbocycles. The van der Waals surface area contributed by atoms with E-state index in [-0.39, 0.29) is 0 Å². The van der Waals surface area contributed by atoms with Crippen molar-refractivity contribution in [3.05, 3.63) is 56.2 Å². The summed E-state index contributed by atoms with van der Waals surface area (Å²) in [6.45, 7) is 11.3. The molecule has 3 nitrogen and oxygen atoms in total. The quantitative estimate of drug-likeness (QED) is 0.322. The molecule has 2 aliphatic heterocycles. The van der Waals surface area contributed by atoms with E-state index in [2.05, 4.69) is 46.5 Å². The summed E-state index contributed by atoms with van der Waals surface area (Å²) in [5.74, 6) is 2.76. The van der Waals surface area contributed by atoms with Crippen LogP contribution in [0.1, 0.15) is 56.6 Å². The molecule has 2 fully saturated rings. The first-order valence-corrected chi connectivity index (χ1v) is 14.5. The van der Waals surface area contributed by atoms with E-state index in [1.807, 2.05) is 30.6 Å². The Balaban J connectivity index is 1.33. The van der Waals surface area contributed by atoms with Crippen LogP contribution >= 0.6 is 34.5 Å². The van der Waals surface area contributed by atoms with Gasteiger partial charge in [-0.3, -0.25) is 4.90 Å². The van der Waals surface area contributed by atoms with Gasteiger partial charge < -0.3 is 9.64 Å². The lowest BCUT2D eigenvalue weighted by Gasteiger charge is -2.35. The van der Waals surface area contributed by atoms with Crippen molar-refractivity contribution in [3.8, 4) is 0 Å². The van der Waals surface area contributed by atoms with Crippen LogP contribution in [-0.2, 0) is 11.3 Å². The molecule has 6 heteroatoms. The molecule has 0 bridgehead atoms. The Hall–Kier alpha value is -0.620. The molecule has 34 heavy (non-hydrogen) atoms. The fourth-order valence-corrected chi connectivity index (χ4v) is 7.14. The van der Waals surface area contributed by atoms with Gasteiger partial charge in [0.25, 0.3) is 0 Å². The van der Waals surface area contributed by atoms with Gasteiger partial charge in [0.1, 0.15) is 0 Å². The predicted molar refractivity (Wildman–Crippen MR) is 146 cm³/mol. The Kier molecular flexibility index (Phi) is 9.77. The predicted octanol–water partition coefficient (Wildman–Crippen LogP) is 7.43. The second-order valence-electron chi connectivity index (χ2n) is 10.8. The summed E-state index contributed by atoms with van der Waals surface area (Å²) in [5, 5.41) is 6.05. The molecule has 3 heterocycles. The van der Waals surface area contributed by atoms with E-state index < -0.39 is 0 Å². The van der Waals surface area contributed by atoms with Crippen molar-refractivity contribution in [1.29, 1.82) is 0 Å². The van der Waals surface area contributed by atoms with Crippen LogP contribution in [0.3, 0.4) is 0 Å². The van der Waals surface area contributed by atoms with Crippen LogP contribution < -0.4 is 0 Å². The molecule has 3 atom stereocenters. The monoisotopic (exact) mass is 522 g/mol. The Labute approximate surface area is 220 Å². The van der Waals surface area contributed by atoms with Crippen LogP contribution in [0.2, 0.25) is 10.0 Å². The van der Waals surface area contributed by atoms with Gasteiger partial charge in [-0.05, 0) is 96.6 Å². The Bertz CT molecular complexity index is 883. The van der Waals surface area contributed by atoms with Crippen LogP contribution in [-0.4, -0.2) is 55.7 Å². The van der Waals surface area contributed by atoms with Crippen LogP contribution in [0.15, 0.2) is 35.0 Å². The highest BCUT2D eigenvalue weighted by Crippen LogP contribution is 2.37. The number of halogens is 2. The summed E-state index contributed by atoms with van der Waals surface area (Å²) < 4.78 is 5.79. The van der Waals surface area contributed by atoms with E-state index in [1.165, 1.54) is 56.4 Å². The number of hydrogen-bond donors (Lipinski definition) is 0. The molecular weight excluding hydrogens is 483 g/mol. The first-order valence-electron chi connectivity index (χ1n) is 12.8. The van der Waals surface area contributed by atoms with Gasteiger partial charge in [-0.1, -0.05) is 43.1 Å². The van der Waals surface area contributed by atoms with Crippen molar-refractivity contribution in [2.24, 2.45) is 17.8 Å². The summed E-state index contributed by atoms with van der Waals surface area (Å²) in [6.07, 6.45) is 5.42. The maximum absolute atomic E-state index is 6.50. The first-order chi connectivity index (χ1) is 16.4. The number of rotatable bonds is 10. The van der Waals surface area contributed by atoms with Gasteiger partial charge in [0.05, 0.1) is 6.10 Å². The Morgan fingerprint density at radius 3 is 2.53 bits per heavy atom. The van der Waals surface area contributed by atoms with E-state index in [4.69, 9.17) is 27.9 Å². The summed E-state index contributed by atoms with van der Waals surface area (Å²) in [4.78, 5) is 5.31. The number of benzene rings is 1. The molecule has 0 amide bonds. The zero-order valence-corrected chi connectivity index (χ0v) is 23.2. The van der Waals surface area contributed by atoms with Crippen molar-refractivity contribution < 1.29 is 4.74 Å². The van der Waals surface area contributed by atoms with Gasteiger partial charge >= 0.3 is 0 Å². The van der Waals surface area contributed by atoms with Crippen molar-refractivity contribution in [2.75, 3.05) is 39.8 Å². The summed E-state index contributed by atoms with van der Waals surface area (Å²) >= 11 is 14.4. The minimum Gasteiger partial charge on any atom is -0.381 e. The van der Waals surface area contributed by atoms with E-state index in [1.54, 1.807) is 0 Å². The van der Waals surface area contributed by atoms with E-state index >= 15 is 0 Å². The van der Waals surface area contributed by atoms with E-state index in [0.717, 1.165) is 30.6 Å². The molecule has 0 aliphatic carbocycles. The molecule has 0 spiro atoms. The van der Waals surface area contributed by atoms with E-state index in [0.29, 0.717) is 28.9 Å². The lowest BCUT2D eigenvalue weighted by Crippen LogP contribution is -2.39. The summed E-state index contributed by atoms with van der Waals surface area (Å²) in [6, 6.07) is 8.22. The van der Waals surface area contributed by atoms with Gasteiger partial charge in [0.2, 0.25) is 0 Å². The molecule has 1 aromatic heterocycles. The SMILES string of the molecule is COC(CC(C)C)CC1CCN(CC2CN(Cc3ccc(Cl)cc3Cl)CC2c2ccsc2)CC1. The third kappa shape index (κ3) is 7.21. The Morgan fingerprint density at radius 2 is 1.88 bits per heavy atom. The molecule has 3 unspecified atom stereocenters. The van der Waals surface area contributed by atoms with Gasteiger partial charge in [0, 0.05) is 49.3 Å². The number of likely N-dealkylation sites (tertiary alicyclic amines) is 2. The molecule has 0 radical (unpaired) electrons. The smallest absolute Gasteiger partial charge is 0.0576 e. The minimum absolute atomic E-state index is 0.419. The maximum Gasteiger partial charge on any atom is 0.0576 e. The fraction of sp³-hybridized carbons (Fsp3) is 0.643. The normalized spacial score (nSPS) is 23.7. The standard InChI is InChI=1S/C28H40Cl2N2OS/c1-20(2)12-26(33-3)13-21-6-9-31(10-7-21)16-24-17-32(18-27(24)23-8-11-34-19-23)15-22-4-5-25(29)14-28(22)30/h4-5,8,11,14,19-21,24,26-27H,6-7,9-10,12-13,15-18H2,1-3H3. The lowest BCUT2D eigenvalue weighted by atomic mass is 9.86. The molecule has 4 rings (SSSR count). The molecule has 0 saturated carbocycles. The molecule has 2 saturated heterocycles. The van der Waals surface area contributed by atoms with Gasteiger partial charge in [-0.25, -0.2) is 0 Å². The number of piperidine rings is 1. The number of methoxy groups -OCH3 is 1. The fourth-order valence-electron chi connectivity index (χ4n) is 5.95. The number of hydrogen-bond acceptors (Lipinski definition) is 4. The van der Waals surface area contributed by atoms with Gasteiger partial charge in [0.15, 0.2) is 0 Å². The topological polar surface area (TPSA) is 15.7 Å². The van der Waals surface area contributed by atoms with Crippen molar-refractivity contribution >= 4 is 34.5 Å². The average molecular weight is 524 g/mol. The molecule has 2 aliphatic rings. The first kappa shape index (κ1) is 26.4. The van der Waals surface area contributed by atoms with Gasteiger partial charge in [-0.2, -0.15) is 11.3 Å². The van der Waals surface area contributed by atoms with Crippen molar-refractivity contribution in [1.82, 2.24) is 9.80 Å². The maximum atomic E-state index is 6.50. The zero-order valence-electron chi connectivity index (χ0n) is 20.9. The third-order valence-corrected chi connectivity index (χ3v) is 9.05. The van der Waals surface area contributed by atoms with Crippen LogP contribution in [0.4, 0.5) is 0 Å². The highest BCUT2D eigenvalue weighted by Gasteiger charge is 2.36. The summed E-state index contributed by atoms with van der Waals surface area (Å²) in [5.41, 5.74) is 2.68. The zero-order chi connectivity index (χ0) is 24.1. The average Bonchev–Trinajstić information content (AvgIpc) is 3.46. The van der Waals surface area contributed by atoms with Crippen LogP contribution in [0, 0.1) is 17.8 Å². The Morgan fingerprint density at radius 1 is 1.09 bits per heavy atom. The third-order valence-electron chi connectivity index (χ3n) is 7.76. The second-order valence-corrected chi connectivity index (χ2v) is 12.4. The van der Waals surface area contributed by atoms with Crippen molar-refractivity contribution in [3.63, 3.8) is 0 Å². The van der Waals surface area contributed by atoms with Crippen molar-refractivity contribution in [2.45, 2.75) is 58.1 Å². The van der Waals surface area contributed by atoms with E-state index in [9.17, 15) is 0 Å². The van der Waals surface area contributed by atoms with Crippen LogP contribution in [0.5, 0.6) is 0 Å². The molecule has 2 aromatic rings. The highest BCUT2D eigenvalue weighted by molar-refractivity contribution is 7.08.